The van der Waals surface area contributed by atoms with Crippen molar-refractivity contribution in [1.29, 1.82) is 0 Å². The van der Waals surface area contributed by atoms with Crippen LogP contribution in [0.15, 0.2) is 54.9 Å². The molecule has 7 heteroatoms. The molecule has 4 aromatic rings. The molecule has 0 aliphatic rings. The Kier molecular flexibility index (Phi) is 4.87. The predicted octanol–water partition coefficient (Wildman–Crippen LogP) is 3.97. The smallest absolute Gasteiger partial charge is 0.165 e. The quantitative estimate of drug-likeness (QED) is 0.553. The van der Waals surface area contributed by atoms with Gasteiger partial charge in [0.2, 0.25) is 0 Å². The number of nitrogens with two attached hydrogens (primary N) is 1. The largest absolute Gasteiger partial charge is 0.497 e. The fourth-order valence-corrected chi connectivity index (χ4v) is 3.23. The lowest BCUT2D eigenvalue weighted by Crippen LogP contribution is -2.00. The molecule has 0 aliphatic heterocycles. The normalized spacial score (nSPS) is 10.7. The highest BCUT2D eigenvalue weighted by Gasteiger charge is 2.17. The summed E-state index contributed by atoms with van der Waals surface area (Å²) in [5, 5.41) is 0.663. The van der Waals surface area contributed by atoms with E-state index in [4.69, 9.17) is 24.9 Å². The Bertz CT molecular complexity index is 1180. The first-order valence-electron chi connectivity index (χ1n) is 8.92. The number of anilines is 1. The highest BCUT2D eigenvalue weighted by Crippen LogP contribution is 2.40. The molecule has 146 valence electrons. The van der Waals surface area contributed by atoms with Gasteiger partial charge in [-0.1, -0.05) is 0 Å². The molecule has 2 aromatic heterocycles. The van der Waals surface area contributed by atoms with Crippen LogP contribution in [0.25, 0.3) is 33.4 Å². The molecule has 2 aromatic carbocycles. The maximum Gasteiger partial charge on any atom is 0.165 e. The molecule has 0 unspecified atom stereocenters. The van der Waals surface area contributed by atoms with Crippen LogP contribution in [0.4, 0.5) is 5.82 Å². The first-order chi connectivity index (χ1) is 14.1. The lowest BCUT2D eigenvalue weighted by molar-refractivity contribution is 0.404. The van der Waals surface area contributed by atoms with Crippen LogP contribution >= 0.6 is 0 Å². The zero-order chi connectivity index (χ0) is 20.4. The Balaban J connectivity index is 2.02. The van der Waals surface area contributed by atoms with Crippen LogP contribution in [0.3, 0.4) is 0 Å². The zero-order valence-corrected chi connectivity index (χ0v) is 16.3. The molecule has 0 atom stereocenters. The van der Waals surface area contributed by atoms with Gasteiger partial charge in [-0.05, 0) is 48.5 Å². The molecule has 0 saturated carbocycles. The first kappa shape index (κ1) is 18.5. The molecule has 0 bridgehead atoms. The van der Waals surface area contributed by atoms with Gasteiger partial charge < -0.3 is 19.9 Å². The van der Waals surface area contributed by atoms with Crippen molar-refractivity contribution in [3.63, 3.8) is 0 Å². The maximum absolute atomic E-state index is 6.20. The van der Waals surface area contributed by atoms with Crippen molar-refractivity contribution in [2.24, 2.45) is 0 Å². The summed E-state index contributed by atoms with van der Waals surface area (Å²) in [5.41, 5.74) is 10.0. The minimum atomic E-state index is 0.351. The van der Waals surface area contributed by atoms with Crippen LogP contribution < -0.4 is 19.9 Å². The van der Waals surface area contributed by atoms with E-state index in [0.29, 0.717) is 28.4 Å². The van der Waals surface area contributed by atoms with Crippen LogP contribution in [0, 0.1) is 0 Å². The molecule has 0 amide bonds. The Labute approximate surface area is 168 Å². The SMILES string of the molecule is COc1ccc(-c2cc(-c3cc(OC)ccc3OC)c3c(N)ncnc3n2)cc1. The molecule has 0 fully saturated rings. The van der Waals surface area contributed by atoms with Crippen molar-refractivity contribution in [3.05, 3.63) is 54.9 Å². The Hall–Kier alpha value is -3.87. The summed E-state index contributed by atoms with van der Waals surface area (Å²) < 4.78 is 16.3. The summed E-state index contributed by atoms with van der Waals surface area (Å²) in [7, 11) is 4.88. The summed E-state index contributed by atoms with van der Waals surface area (Å²) in [6.07, 6.45) is 1.41. The van der Waals surface area contributed by atoms with Gasteiger partial charge in [-0.3, -0.25) is 0 Å². The molecule has 2 heterocycles. The molecule has 0 aliphatic carbocycles. The van der Waals surface area contributed by atoms with Crippen LogP contribution in [0.1, 0.15) is 0 Å². The van der Waals surface area contributed by atoms with Crippen LogP contribution in [-0.4, -0.2) is 36.3 Å². The predicted molar refractivity (Wildman–Crippen MR) is 112 cm³/mol. The second-order valence-corrected chi connectivity index (χ2v) is 6.31. The molecule has 0 saturated heterocycles. The highest BCUT2D eigenvalue weighted by molar-refractivity contribution is 6.02. The number of rotatable bonds is 5. The fourth-order valence-electron chi connectivity index (χ4n) is 3.23. The number of hydrogen-bond donors (Lipinski definition) is 1. The molecule has 4 rings (SSSR count). The topological polar surface area (TPSA) is 92.4 Å². The summed E-state index contributed by atoms with van der Waals surface area (Å²) in [5.74, 6) is 2.51. The number of methoxy groups -OCH3 is 3. The van der Waals surface area contributed by atoms with E-state index in [2.05, 4.69) is 9.97 Å². The number of nitrogen functional groups attached to an aromatic ring is 1. The molecular weight excluding hydrogens is 368 g/mol. The Morgan fingerprint density at radius 3 is 2.17 bits per heavy atom. The van der Waals surface area contributed by atoms with E-state index in [-0.39, 0.29) is 0 Å². The number of benzene rings is 2. The Morgan fingerprint density at radius 2 is 1.48 bits per heavy atom. The molecule has 0 radical (unpaired) electrons. The third kappa shape index (κ3) is 3.38. The van der Waals surface area contributed by atoms with Gasteiger partial charge in [0.05, 0.1) is 32.4 Å². The minimum absolute atomic E-state index is 0.351. The van der Waals surface area contributed by atoms with Gasteiger partial charge in [0.1, 0.15) is 29.4 Å². The molecule has 2 N–H and O–H groups in total. The average molecular weight is 388 g/mol. The third-order valence-corrected chi connectivity index (χ3v) is 4.72. The van der Waals surface area contributed by atoms with Crippen molar-refractivity contribution in [1.82, 2.24) is 15.0 Å². The van der Waals surface area contributed by atoms with Gasteiger partial charge in [-0.15, -0.1) is 0 Å². The number of ether oxygens (including phenoxy) is 3. The van der Waals surface area contributed by atoms with E-state index < -0.39 is 0 Å². The van der Waals surface area contributed by atoms with Gasteiger partial charge in [-0.25, -0.2) is 15.0 Å². The van der Waals surface area contributed by atoms with Gasteiger partial charge in [-0.2, -0.15) is 0 Å². The van der Waals surface area contributed by atoms with Crippen molar-refractivity contribution in [3.8, 4) is 39.6 Å². The fraction of sp³-hybridized carbons (Fsp3) is 0.136. The summed E-state index contributed by atoms with van der Waals surface area (Å²) in [6, 6.07) is 15.2. The van der Waals surface area contributed by atoms with E-state index in [9.17, 15) is 0 Å². The van der Waals surface area contributed by atoms with E-state index in [0.717, 1.165) is 28.1 Å². The standard InChI is InChI=1S/C22H20N4O3/c1-27-14-6-4-13(5-7-14)18-11-17(20-21(23)24-12-25-22(20)26-18)16-10-15(28-2)8-9-19(16)29-3/h4-12H,1-3H3,(H2,23,24,25,26). The lowest BCUT2D eigenvalue weighted by atomic mass is 9.98. The van der Waals surface area contributed by atoms with E-state index >= 15 is 0 Å². The van der Waals surface area contributed by atoms with Crippen LogP contribution in [0.2, 0.25) is 0 Å². The Morgan fingerprint density at radius 1 is 0.759 bits per heavy atom. The second kappa shape index (κ2) is 7.63. The van der Waals surface area contributed by atoms with E-state index in [1.54, 1.807) is 21.3 Å². The average Bonchev–Trinajstić information content (AvgIpc) is 2.78. The van der Waals surface area contributed by atoms with Gasteiger partial charge >= 0.3 is 0 Å². The summed E-state index contributed by atoms with van der Waals surface area (Å²) >= 11 is 0. The number of aromatic nitrogens is 3. The molecular formula is C22H20N4O3. The highest BCUT2D eigenvalue weighted by atomic mass is 16.5. The number of fused-ring (bicyclic) bond motifs is 1. The molecule has 0 spiro atoms. The number of nitrogens with zero attached hydrogens (tertiary/aromatic N) is 3. The monoisotopic (exact) mass is 388 g/mol. The molecule has 7 nitrogen and oxygen atoms in total. The molecule has 29 heavy (non-hydrogen) atoms. The van der Waals surface area contributed by atoms with Crippen LogP contribution in [0.5, 0.6) is 17.2 Å². The van der Waals surface area contributed by atoms with Gasteiger partial charge in [0.25, 0.3) is 0 Å². The van der Waals surface area contributed by atoms with E-state index in [1.165, 1.54) is 6.33 Å². The van der Waals surface area contributed by atoms with Crippen molar-refractivity contribution in [2.75, 3.05) is 27.1 Å². The van der Waals surface area contributed by atoms with Crippen molar-refractivity contribution >= 4 is 16.9 Å². The van der Waals surface area contributed by atoms with E-state index in [1.807, 2.05) is 48.5 Å². The summed E-state index contributed by atoms with van der Waals surface area (Å²) in [6.45, 7) is 0. The van der Waals surface area contributed by atoms with Crippen molar-refractivity contribution < 1.29 is 14.2 Å². The van der Waals surface area contributed by atoms with Gasteiger partial charge in [0.15, 0.2) is 5.65 Å². The van der Waals surface area contributed by atoms with Crippen molar-refractivity contribution in [2.45, 2.75) is 0 Å². The van der Waals surface area contributed by atoms with Gasteiger partial charge in [0, 0.05) is 16.7 Å². The number of hydrogen-bond acceptors (Lipinski definition) is 7. The first-order valence-corrected chi connectivity index (χ1v) is 8.92. The minimum Gasteiger partial charge on any atom is -0.497 e. The second-order valence-electron chi connectivity index (χ2n) is 6.31. The maximum atomic E-state index is 6.20. The number of pyridine rings is 1. The van der Waals surface area contributed by atoms with Crippen LogP contribution in [-0.2, 0) is 0 Å². The summed E-state index contributed by atoms with van der Waals surface area (Å²) in [4.78, 5) is 13.2. The third-order valence-electron chi connectivity index (χ3n) is 4.72. The lowest BCUT2D eigenvalue weighted by Gasteiger charge is -2.15. The zero-order valence-electron chi connectivity index (χ0n) is 16.3.